The van der Waals surface area contributed by atoms with Gasteiger partial charge in [-0.1, -0.05) is 26.2 Å². The van der Waals surface area contributed by atoms with Gasteiger partial charge in [0.1, 0.15) is 0 Å². The van der Waals surface area contributed by atoms with E-state index in [-0.39, 0.29) is 0 Å². The maximum Gasteiger partial charge on any atom is 0.0252 e. The van der Waals surface area contributed by atoms with E-state index in [1.807, 2.05) is 0 Å². The molecular weight excluding hydrogens is 196 g/mol. The van der Waals surface area contributed by atoms with Crippen LogP contribution in [0.25, 0.3) is 0 Å². The van der Waals surface area contributed by atoms with Crippen molar-refractivity contribution in [2.45, 2.75) is 76.9 Å². The number of nitrogens with zero attached hydrogens (tertiary/aromatic N) is 1. The molecule has 0 bridgehead atoms. The van der Waals surface area contributed by atoms with E-state index in [9.17, 15) is 0 Å². The summed E-state index contributed by atoms with van der Waals surface area (Å²) in [7, 11) is 0. The van der Waals surface area contributed by atoms with E-state index < -0.39 is 0 Å². The fourth-order valence-corrected chi connectivity index (χ4v) is 3.62. The predicted molar refractivity (Wildman–Crippen MR) is 69.7 cm³/mol. The van der Waals surface area contributed by atoms with Gasteiger partial charge in [-0.3, -0.25) is 4.90 Å². The Morgan fingerprint density at radius 2 is 1.81 bits per heavy atom. The SMILES string of the molecule is CCNC1CCCCC1N1CCCCC1C. The Morgan fingerprint density at radius 3 is 2.56 bits per heavy atom. The zero-order chi connectivity index (χ0) is 11.4. The van der Waals surface area contributed by atoms with Crippen LogP contribution >= 0.6 is 0 Å². The Kier molecular flexibility index (Phi) is 4.66. The van der Waals surface area contributed by atoms with Crippen molar-refractivity contribution in [3.05, 3.63) is 0 Å². The van der Waals surface area contributed by atoms with Gasteiger partial charge < -0.3 is 5.32 Å². The van der Waals surface area contributed by atoms with Crippen LogP contribution in [0.4, 0.5) is 0 Å². The molecule has 0 spiro atoms. The minimum Gasteiger partial charge on any atom is -0.313 e. The second kappa shape index (κ2) is 6.02. The van der Waals surface area contributed by atoms with E-state index in [0.29, 0.717) is 0 Å². The van der Waals surface area contributed by atoms with Gasteiger partial charge in [0.2, 0.25) is 0 Å². The Bertz CT molecular complexity index is 203. The Morgan fingerprint density at radius 1 is 1.06 bits per heavy atom. The quantitative estimate of drug-likeness (QED) is 0.793. The minimum atomic E-state index is 0.763. The molecule has 1 heterocycles. The van der Waals surface area contributed by atoms with Crippen LogP contribution < -0.4 is 5.32 Å². The van der Waals surface area contributed by atoms with Crippen LogP contribution in [0, 0.1) is 0 Å². The average Bonchev–Trinajstić information content (AvgIpc) is 2.31. The number of hydrogen-bond donors (Lipinski definition) is 1. The van der Waals surface area contributed by atoms with Crippen molar-refractivity contribution < 1.29 is 0 Å². The van der Waals surface area contributed by atoms with Crippen molar-refractivity contribution >= 4 is 0 Å². The zero-order valence-corrected chi connectivity index (χ0v) is 11.0. The summed E-state index contributed by atoms with van der Waals surface area (Å²) in [5.41, 5.74) is 0. The van der Waals surface area contributed by atoms with Crippen molar-refractivity contribution in [3.63, 3.8) is 0 Å². The van der Waals surface area contributed by atoms with E-state index in [4.69, 9.17) is 0 Å². The van der Waals surface area contributed by atoms with Gasteiger partial charge >= 0.3 is 0 Å². The van der Waals surface area contributed by atoms with Gasteiger partial charge in [0.25, 0.3) is 0 Å². The summed E-state index contributed by atoms with van der Waals surface area (Å²) in [6.07, 6.45) is 9.95. The number of hydrogen-bond acceptors (Lipinski definition) is 2. The number of rotatable bonds is 3. The Balaban J connectivity index is 1.97. The van der Waals surface area contributed by atoms with E-state index >= 15 is 0 Å². The van der Waals surface area contributed by atoms with Crippen LogP contribution in [0.15, 0.2) is 0 Å². The summed E-state index contributed by atoms with van der Waals surface area (Å²) >= 11 is 0. The normalized spacial score (nSPS) is 37.5. The molecule has 2 heteroatoms. The molecule has 1 N–H and O–H groups in total. The van der Waals surface area contributed by atoms with Gasteiger partial charge in [0, 0.05) is 18.1 Å². The molecule has 2 aliphatic rings. The molecule has 1 saturated carbocycles. The maximum absolute atomic E-state index is 3.71. The fourth-order valence-electron chi connectivity index (χ4n) is 3.62. The second-order valence-corrected chi connectivity index (χ2v) is 5.60. The van der Waals surface area contributed by atoms with Crippen LogP contribution in [-0.2, 0) is 0 Å². The van der Waals surface area contributed by atoms with Crippen molar-refractivity contribution in [1.29, 1.82) is 0 Å². The zero-order valence-electron chi connectivity index (χ0n) is 11.0. The first kappa shape index (κ1) is 12.4. The minimum absolute atomic E-state index is 0.763. The van der Waals surface area contributed by atoms with Gasteiger partial charge in [-0.2, -0.15) is 0 Å². The number of likely N-dealkylation sites (tertiary alicyclic amines) is 1. The molecule has 0 aromatic rings. The lowest BCUT2D eigenvalue weighted by Crippen LogP contribution is -2.55. The third-order valence-electron chi connectivity index (χ3n) is 4.48. The smallest absolute Gasteiger partial charge is 0.0252 e. The van der Waals surface area contributed by atoms with Crippen molar-refractivity contribution in [2.75, 3.05) is 13.1 Å². The first-order valence-corrected chi connectivity index (χ1v) is 7.32. The molecule has 2 fully saturated rings. The van der Waals surface area contributed by atoms with Crippen molar-refractivity contribution in [2.24, 2.45) is 0 Å². The molecule has 0 aromatic heterocycles. The summed E-state index contributed by atoms with van der Waals surface area (Å²) < 4.78 is 0. The lowest BCUT2D eigenvalue weighted by atomic mass is 9.86. The van der Waals surface area contributed by atoms with Crippen molar-refractivity contribution in [1.82, 2.24) is 10.2 Å². The molecule has 2 nitrogen and oxygen atoms in total. The van der Waals surface area contributed by atoms with E-state index in [1.54, 1.807) is 0 Å². The van der Waals surface area contributed by atoms with Crippen LogP contribution in [0.1, 0.15) is 58.8 Å². The third kappa shape index (κ3) is 2.78. The lowest BCUT2D eigenvalue weighted by Gasteiger charge is -2.45. The molecular formula is C14H28N2. The lowest BCUT2D eigenvalue weighted by molar-refractivity contribution is 0.0604. The molecule has 0 radical (unpaired) electrons. The van der Waals surface area contributed by atoms with E-state index in [1.165, 1.54) is 51.5 Å². The molecule has 16 heavy (non-hydrogen) atoms. The molecule has 0 aromatic carbocycles. The third-order valence-corrected chi connectivity index (χ3v) is 4.48. The highest BCUT2D eigenvalue weighted by Gasteiger charge is 2.32. The predicted octanol–water partition coefficient (Wildman–Crippen LogP) is 2.78. The summed E-state index contributed by atoms with van der Waals surface area (Å²) in [5.74, 6) is 0. The summed E-state index contributed by atoms with van der Waals surface area (Å²) in [6.45, 7) is 7.14. The highest BCUT2D eigenvalue weighted by atomic mass is 15.2. The monoisotopic (exact) mass is 224 g/mol. The highest BCUT2D eigenvalue weighted by molar-refractivity contribution is 4.91. The number of piperidine rings is 1. The first-order valence-electron chi connectivity index (χ1n) is 7.32. The van der Waals surface area contributed by atoms with Gasteiger partial charge in [0.05, 0.1) is 0 Å². The molecule has 2 rings (SSSR count). The fraction of sp³-hybridized carbons (Fsp3) is 1.00. The maximum atomic E-state index is 3.71. The molecule has 3 atom stereocenters. The van der Waals surface area contributed by atoms with E-state index in [2.05, 4.69) is 24.1 Å². The molecule has 94 valence electrons. The average molecular weight is 224 g/mol. The molecule has 1 saturated heterocycles. The summed E-state index contributed by atoms with van der Waals surface area (Å²) in [4.78, 5) is 2.80. The largest absolute Gasteiger partial charge is 0.313 e. The van der Waals surface area contributed by atoms with Crippen LogP contribution in [-0.4, -0.2) is 36.1 Å². The standard InChI is InChI=1S/C14H28N2/c1-3-15-13-9-4-5-10-14(13)16-11-7-6-8-12(16)2/h12-15H,3-11H2,1-2H3. The van der Waals surface area contributed by atoms with Gasteiger partial charge in [0.15, 0.2) is 0 Å². The summed E-state index contributed by atoms with van der Waals surface area (Å²) in [5, 5.41) is 3.71. The van der Waals surface area contributed by atoms with E-state index in [0.717, 1.165) is 24.7 Å². The molecule has 1 aliphatic carbocycles. The van der Waals surface area contributed by atoms with Crippen LogP contribution in [0.3, 0.4) is 0 Å². The number of likely N-dealkylation sites (N-methyl/N-ethyl adjacent to an activating group) is 1. The molecule has 0 amide bonds. The first-order chi connectivity index (χ1) is 7.83. The van der Waals surface area contributed by atoms with Gasteiger partial charge in [-0.25, -0.2) is 0 Å². The Labute approximate surface area is 101 Å². The van der Waals surface area contributed by atoms with Crippen LogP contribution in [0.5, 0.6) is 0 Å². The molecule has 3 unspecified atom stereocenters. The highest BCUT2D eigenvalue weighted by Crippen LogP contribution is 2.28. The Hall–Kier alpha value is -0.0800. The van der Waals surface area contributed by atoms with Gasteiger partial charge in [-0.05, 0) is 45.7 Å². The molecule has 1 aliphatic heterocycles. The summed E-state index contributed by atoms with van der Waals surface area (Å²) in [6, 6.07) is 2.40. The van der Waals surface area contributed by atoms with Gasteiger partial charge in [-0.15, -0.1) is 0 Å². The van der Waals surface area contributed by atoms with Crippen LogP contribution in [0.2, 0.25) is 0 Å². The number of nitrogens with one attached hydrogen (secondary N) is 1. The van der Waals surface area contributed by atoms with Crippen molar-refractivity contribution in [3.8, 4) is 0 Å². The second-order valence-electron chi connectivity index (χ2n) is 5.60. The topological polar surface area (TPSA) is 15.3 Å².